The number of nitrogens with zero attached hydrogens (tertiary/aromatic N) is 1. The number of hydrogen-bond donors (Lipinski definition) is 1. The fourth-order valence-electron chi connectivity index (χ4n) is 0.845. The minimum Gasteiger partial charge on any atom is -0.464 e. The topological polar surface area (TPSA) is 51.2 Å². The highest BCUT2D eigenvalue weighted by Gasteiger charge is 2.10. The molecule has 0 fully saturated rings. The highest BCUT2D eigenvalue weighted by Crippen LogP contribution is 2.16. The Morgan fingerprint density at radius 2 is 2.43 bits per heavy atom. The predicted octanol–water partition coefficient (Wildman–Crippen LogP) is 2.00. The largest absolute Gasteiger partial charge is 0.464 e. The molecule has 1 heterocycles. The Hall–Kier alpha value is -1.10. The van der Waals surface area contributed by atoms with E-state index in [9.17, 15) is 4.79 Å². The zero-order valence-corrected chi connectivity index (χ0v) is 9.35. The van der Waals surface area contributed by atoms with Crippen molar-refractivity contribution < 1.29 is 9.53 Å². The van der Waals surface area contributed by atoms with Gasteiger partial charge in [-0.25, -0.2) is 9.78 Å². The van der Waals surface area contributed by atoms with Gasteiger partial charge in [-0.05, 0) is 5.92 Å². The summed E-state index contributed by atoms with van der Waals surface area (Å²) in [6.45, 7) is 5.08. The molecular formula is C9H14N2O2S. The molecule has 1 aromatic rings. The van der Waals surface area contributed by atoms with E-state index in [1.54, 1.807) is 5.38 Å². The first-order valence-corrected chi connectivity index (χ1v) is 5.29. The van der Waals surface area contributed by atoms with Crippen molar-refractivity contribution in [1.29, 1.82) is 0 Å². The standard InChI is InChI=1S/C9H14N2O2S/c1-6(2)4-10-9-11-7(5-14-9)8(12)13-3/h5-6H,4H2,1-3H3,(H,10,11). The van der Waals surface area contributed by atoms with Gasteiger partial charge in [-0.2, -0.15) is 0 Å². The van der Waals surface area contributed by atoms with Gasteiger partial charge < -0.3 is 10.1 Å². The minimum atomic E-state index is -0.390. The molecule has 0 unspecified atom stereocenters. The van der Waals surface area contributed by atoms with E-state index < -0.39 is 0 Å². The van der Waals surface area contributed by atoms with Crippen molar-refractivity contribution in [3.63, 3.8) is 0 Å². The maximum atomic E-state index is 11.1. The first-order chi connectivity index (χ1) is 6.63. The van der Waals surface area contributed by atoms with E-state index >= 15 is 0 Å². The number of methoxy groups -OCH3 is 1. The van der Waals surface area contributed by atoms with E-state index in [1.807, 2.05) is 0 Å². The smallest absolute Gasteiger partial charge is 0.357 e. The van der Waals surface area contributed by atoms with Gasteiger partial charge in [0.2, 0.25) is 0 Å². The van der Waals surface area contributed by atoms with Gasteiger partial charge in [-0.1, -0.05) is 13.8 Å². The summed E-state index contributed by atoms with van der Waals surface area (Å²) < 4.78 is 4.55. The Labute approximate surface area is 87.3 Å². The highest BCUT2D eigenvalue weighted by atomic mass is 32.1. The van der Waals surface area contributed by atoms with E-state index in [2.05, 4.69) is 28.9 Å². The number of rotatable bonds is 4. The minimum absolute atomic E-state index is 0.365. The zero-order chi connectivity index (χ0) is 10.6. The van der Waals surface area contributed by atoms with Crippen molar-refractivity contribution in [2.75, 3.05) is 19.0 Å². The second kappa shape index (κ2) is 4.95. The van der Waals surface area contributed by atoms with Crippen LogP contribution >= 0.6 is 11.3 Å². The molecule has 5 heteroatoms. The monoisotopic (exact) mass is 214 g/mol. The van der Waals surface area contributed by atoms with Crippen LogP contribution in [0.15, 0.2) is 5.38 Å². The molecule has 78 valence electrons. The molecule has 0 spiro atoms. The van der Waals surface area contributed by atoms with E-state index in [-0.39, 0.29) is 5.97 Å². The van der Waals surface area contributed by atoms with Gasteiger partial charge in [0, 0.05) is 11.9 Å². The second-order valence-electron chi connectivity index (χ2n) is 3.30. The van der Waals surface area contributed by atoms with E-state index in [0.29, 0.717) is 11.6 Å². The van der Waals surface area contributed by atoms with Crippen molar-refractivity contribution >= 4 is 22.4 Å². The number of aromatic nitrogens is 1. The lowest BCUT2D eigenvalue weighted by atomic mass is 10.2. The summed E-state index contributed by atoms with van der Waals surface area (Å²) in [6, 6.07) is 0. The van der Waals surface area contributed by atoms with E-state index in [4.69, 9.17) is 0 Å². The number of hydrogen-bond acceptors (Lipinski definition) is 5. The number of anilines is 1. The molecule has 0 aliphatic heterocycles. The summed E-state index contributed by atoms with van der Waals surface area (Å²) in [4.78, 5) is 15.1. The van der Waals surface area contributed by atoms with Gasteiger partial charge >= 0.3 is 5.97 Å². The second-order valence-corrected chi connectivity index (χ2v) is 4.16. The number of carbonyl (C=O) groups excluding carboxylic acids is 1. The van der Waals surface area contributed by atoms with Crippen LogP contribution in [0.5, 0.6) is 0 Å². The summed E-state index contributed by atoms with van der Waals surface area (Å²) in [5.74, 6) is 0.166. The van der Waals surface area contributed by atoms with E-state index in [1.165, 1.54) is 18.4 Å². The van der Waals surface area contributed by atoms with Crippen LogP contribution in [0.1, 0.15) is 24.3 Å². The molecule has 0 aromatic carbocycles. The lowest BCUT2D eigenvalue weighted by molar-refractivity contribution is 0.0595. The predicted molar refractivity (Wildman–Crippen MR) is 56.8 cm³/mol. The molecule has 4 nitrogen and oxygen atoms in total. The average molecular weight is 214 g/mol. The molecule has 0 saturated heterocycles. The first kappa shape index (κ1) is 11.0. The molecule has 0 aliphatic carbocycles. The third-order valence-electron chi connectivity index (χ3n) is 1.56. The number of thiazole rings is 1. The van der Waals surface area contributed by atoms with Crippen LogP contribution in [-0.4, -0.2) is 24.6 Å². The summed E-state index contributed by atoms with van der Waals surface area (Å²) in [6.07, 6.45) is 0. The Kier molecular flexibility index (Phi) is 3.88. The van der Waals surface area contributed by atoms with Gasteiger partial charge in [-0.3, -0.25) is 0 Å². The molecule has 1 aromatic heterocycles. The van der Waals surface area contributed by atoms with Crippen molar-refractivity contribution in [2.45, 2.75) is 13.8 Å². The van der Waals surface area contributed by atoms with Crippen molar-refractivity contribution in [3.8, 4) is 0 Å². The van der Waals surface area contributed by atoms with Gasteiger partial charge in [0.1, 0.15) is 0 Å². The quantitative estimate of drug-likeness (QED) is 0.779. The van der Waals surface area contributed by atoms with Gasteiger partial charge in [0.15, 0.2) is 10.8 Å². The summed E-state index contributed by atoms with van der Waals surface area (Å²) in [5.41, 5.74) is 0.365. The van der Waals surface area contributed by atoms with Crippen LogP contribution in [0.2, 0.25) is 0 Å². The first-order valence-electron chi connectivity index (χ1n) is 4.41. The van der Waals surface area contributed by atoms with Crippen LogP contribution in [-0.2, 0) is 4.74 Å². The maximum absolute atomic E-state index is 11.1. The lowest BCUT2D eigenvalue weighted by Gasteiger charge is -2.04. The molecule has 0 bridgehead atoms. The normalized spacial score (nSPS) is 10.3. The molecular weight excluding hydrogens is 200 g/mol. The summed E-state index contributed by atoms with van der Waals surface area (Å²) >= 11 is 1.41. The molecule has 0 radical (unpaired) electrons. The summed E-state index contributed by atoms with van der Waals surface area (Å²) in [5, 5.41) is 5.60. The molecule has 0 aliphatic rings. The lowest BCUT2D eigenvalue weighted by Crippen LogP contribution is -2.08. The number of nitrogens with one attached hydrogen (secondary N) is 1. The molecule has 0 saturated carbocycles. The Bertz CT molecular complexity index is 310. The van der Waals surface area contributed by atoms with Gasteiger partial charge in [-0.15, -0.1) is 11.3 Å². The van der Waals surface area contributed by atoms with Crippen LogP contribution in [0.4, 0.5) is 5.13 Å². The maximum Gasteiger partial charge on any atom is 0.357 e. The summed E-state index contributed by atoms with van der Waals surface area (Å²) in [7, 11) is 1.35. The Balaban J connectivity index is 2.55. The van der Waals surface area contributed by atoms with Gasteiger partial charge in [0.05, 0.1) is 7.11 Å². The third-order valence-corrected chi connectivity index (χ3v) is 2.36. The van der Waals surface area contributed by atoms with Crippen LogP contribution in [0.3, 0.4) is 0 Å². The van der Waals surface area contributed by atoms with Crippen molar-refractivity contribution in [1.82, 2.24) is 4.98 Å². The van der Waals surface area contributed by atoms with Crippen molar-refractivity contribution in [2.24, 2.45) is 5.92 Å². The fraction of sp³-hybridized carbons (Fsp3) is 0.556. The molecule has 0 atom stereocenters. The number of esters is 1. The molecule has 1 rings (SSSR count). The SMILES string of the molecule is COC(=O)c1csc(NCC(C)C)n1. The van der Waals surface area contributed by atoms with Gasteiger partial charge in [0.25, 0.3) is 0 Å². The zero-order valence-electron chi connectivity index (χ0n) is 8.53. The van der Waals surface area contributed by atoms with Crippen LogP contribution in [0.25, 0.3) is 0 Å². The molecule has 14 heavy (non-hydrogen) atoms. The molecule has 1 N–H and O–H groups in total. The third kappa shape index (κ3) is 2.99. The van der Waals surface area contributed by atoms with Crippen LogP contribution in [0, 0.1) is 5.92 Å². The fourth-order valence-corrected chi connectivity index (χ4v) is 1.53. The Morgan fingerprint density at radius 3 is 3.00 bits per heavy atom. The number of carbonyl (C=O) groups is 1. The van der Waals surface area contributed by atoms with Crippen LogP contribution < -0.4 is 5.32 Å². The average Bonchev–Trinajstić information content (AvgIpc) is 2.62. The highest BCUT2D eigenvalue weighted by molar-refractivity contribution is 7.13. The van der Waals surface area contributed by atoms with Crippen molar-refractivity contribution in [3.05, 3.63) is 11.1 Å². The Morgan fingerprint density at radius 1 is 1.71 bits per heavy atom. The number of ether oxygens (including phenoxy) is 1. The van der Waals surface area contributed by atoms with E-state index in [0.717, 1.165) is 11.7 Å². The molecule has 0 amide bonds.